The molecule has 1 saturated heterocycles. The Morgan fingerprint density at radius 3 is 2.55 bits per heavy atom. The van der Waals surface area contributed by atoms with E-state index < -0.39 is 11.7 Å². The number of fused-ring (bicyclic) bond motifs is 1. The summed E-state index contributed by atoms with van der Waals surface area (Å²) in [5.41, 5.74) is -0.157. The molecule has 1 aliphatic heterocycles. The molecule has 0 amide bonds. The number of nitrogens with zero attached hydrogens (tertiary/aromatic N) is 2. The zero-order valence-corrected chi connectivity index (χ0v) is 15.9. The number of quaternary nitrogens is 1. The van der Waals surface area contributed by atoms with Crippen molar-refractivity contribution >= 4 is 16.7 Å². The van der Waals surface area contributed by atoms with Gasteiger partial charge in [-0.1, -0.05) is 12.1 Å². The zero-order valence-electron chi connectivity index (χ0n) is 15.9. The Bertz CT molecular complexity index is 1060. The summed E-state index contributed by atoms with van der Waals surface area (Å²) >= 11 is 0. The van der Waals surface area contributed by atoms with Gasteiger partial charge in [0.15, 0.2) is 5.82 Å². The van der Waals surface area contributed by atoms with Crippen molar-refractivity contribution in [3.05, 3.63) is 64.3 Å². The number of aromatic nitrogens is 3. The zero-order chi connectivity index (χ0) is 20.6. The fourth-order valence-corrected chi connectivity index (χ4v) is 3.76. The van der Waals surface area contributed by atoms with E-state index in [4.69, 9.17) is 0 Å². The van der Waals surface area contributed by atoms with Gasteiger partial charge in [0.2, 0.25) is 0 Å². The second-order valence-electron chi connectivity index (χ2n) is 7.30. The highest BCUT2D eigenvalue weighted by Gasteiger charge is 2.34. The third-order valence-corrected chi connectivity index (χ3v) is 5.52. The van der Waals surface area contributed by atoms with Gasteiger partial charge in [0.25, 0.3) is 11.4 Å². The predicted molar refractivity (Wildman–Crippen MR) is 102 cm³/mol. The average molecular weight is 405 g/mol. The van der Waals surface area contributed by atoms with Crippen LogP contribution in [0, 0.1) is 0 Å². The SMILES string of the molecule is C[C@H](c1nc2ccccc2c(=O)[nH]1)[NH+]1CCN(c2ccc(C(F)(F)F)c[nH+]2)CC1. The van der Waals surface area contributed by atoms with Crippen LogP contribution in [-0.2, 0) is 6.18 Å². The average Bonchev–Trinajstić information content (AvgIpc) is 2.73. The highest BCUT2D eigenvalue weighted by molar-refractivity contribution is 5.77. The fraction of sp³-hybridized carbons (Fsp3) is 0.350. The number of pyridine rings is 1. The third-order valence-electron chi connectivity index (χ3n) is 5.52. The van der Waals surface area contributed by atoms with Gasteiger partial charge in [0.05, 0.1) is 16.5 Å². The number of para-hydroxylation sites is 1. The van der Waals surface area contributed by atoms with Gasteiger partial charge in [0.1, 0.15) is 38.4 Å². The molecule has 1 atom stereocenters. The monoisotopic (exact) mass is 405 g/mol. The Kier molecular flexibility index (Phi) is 4.99. The Morgan fingerprint density at radius 1 is 1.17 bits per heavy atom. The number of halogens is 3. The van der Waals surface area contributed by atoms with E-state index in [1.54, 1.807) is 6.07 Å². The third kappa shape index (κ3) is 3.95. The molecule has 0 radical (unpaired) electrons. The number of aromatic amines is 2. The quantitative estimate of drug-likeness (QED) is 0.689. The van der Waals surface area contributed by atoms with E-state index in [1.165, 1.54) is 11.0 Å². The van der Waals surface area contributed by atoms with Crippen molar-refractivity contribution in [3.8, 4) is 0 Å². The summed E-state index contributed by atoms with van der Waals surface area (Å²) < 4.78 is 38.2. The topological polar surface area (TPSA) is 67.6 Å². The second kappa shape index (κ2) is 7.47. The molecular weight excluding hydrogens is 383 g/mol. The van der Waals surface area contributed by atoms with Crippen molar-refractivity contribution in [1.82, 2.24) is 9.97 Å². The maximum absolute atomic E-state index is 12.7. The first-order chi connectivity index (χ1) is 13.8. The van der Waals surface area contributed by atoms with Gasteiger partial charge in [0, 0.05) is 6.07 Å². The molecule has 1 aromatic carbocycles. The molecule has 152 valence electrons. The number of benzene rings is 1. The summed E-state index contributed by atoms with van der Waals surface area (Å²) in [7, 11) is 0. The van der Waals surface area contributed by atoms with Gasteiger partial charge in [-0.2, -0.15) is 13.2 Å². The first kappa shape index (κ1) is 19.4. The largest absolute Gasteiger partial charge is 0.419 e. The van der Waals surface area contributed by atoms with Gasteiger partial charge in [-0.25, -0.2) is 9.97 Å². The molecule has 4 rings (SSSR count). The van der Waals surface area contributed by atoms with Crippen LogP contribution >= 0.6 is 0 Å². The number of hydrogen-bond acceptors (Lipinski definition) is 3. The molecular formula is C20H22F3N5O+2. The van der Waals surface area contributed by atoms with Crippen molar-refractivity contribution < 1.29 is 23.1 Å². The minimum atomic E-state index is -4.35. The maximum atomic E-state index is 12.7. The highest BCUT2D eigenvalue weighted by Crippen LogP contribution is 2.28. The summed E-state index contributed by atoms with van der Waals surface area (Å²) in [5, 5.41) is 0.570. The standard InChI is InChI=1S/C20H20F3N5O/c1-13(18-25-16-5-3-2-4-15(16)19(29)26-18)27-8-10-28(11-9-27)17-7-6-14(12-24-17)20(21,22)23/h2-7,12-13H,8-11H2,1H3,(H,25,26,29)/p+2/t13-/m1/s1. The Balaban J connectivity index is 1.45. The molecule has 1 aliphatic rings. The van der Waals surface area contributed by atoms with Crippen molar-refractivity contribution in [3.63, 3.8) is 0 Å². The van der Waals surface area contributed by atoms with E-state index in [0.29, 0.717) is 35.6 Å². The molecule has 0 spiro atoms. The van der Waals surface area contributed by atoms with E-state index in [1.807, 2.05) is 30.0 Å². The van der Waals surface area contributed by atoms with Crippen LogP contribution in [0.2, 0.25) is 0 Å². The molecule has 3 aromatic rings. The summed E-state index contributed by atoms with van der Waals surface area (Å²) in [5.74, 6) is 1.32. The van der Waals surface area contributed by atoms with Crippen LogP contribution in [0.15, 0.2) is 47.4 Å². The number of nitrogens with one attached hydrogen (secondary N) is 3. The predicted octanol–water partition coefficient (Wildman–Crippen LogP) is 1.22. The lowest BCUT2D eigenvalue weighted by atomic mass is 10.2. The van der Waals surface area contributed by atoms with Crippen molar-refractivity contribution in [2.24, 2.45) is 0 Å². The number of piperazine rings is 1. The number of H-pyrrole nitrogens is 2. The lowest BCUT2D eigenvalue weighted by molar-refractivity contribution is -0.931. The van der Waals surface area contributed by atoms with Gasteiger partial charge >= 0.3 is 6.18 Å². The molecule has 9 heteroatoms. The Labute approximate surface area is 165 Å². The first-order valence-corrected chi connectivity index (χ1v) is 9.50. The summed E-state index contributed by atoms with van der Waals surface area (Å²) in [6.45, 7) is 4.99. The van der Waals surface area contributed by atoms with Crippen LogP contribution < -0.4 is 20.3 Å². The molecule has 0 aliphatic carbocycles. The molecule has 3 heterocycles. The maximum Gasteiger partial charge on any atom is 0.419 e. The Hall–Kier alpha value is -2.94. The molecule has 1 fully saturated rings. The summed E-state index contributed by atoms with van der Waals surface area (Å²) in [6.07, 6.45) is -3.35. The van der Waals surface area contributed by atoms with Gasteiger partial charge in [-0.3, -0.25) is 9.69 Å². The van der Waals surface area contributed by atoms with E-state index in [2.05, 4.69) is 15.0 Å². The molecule has 3 N–H and O–H groups in total. The van der Waals surface area contributed by atoms with Gasteiger partial charge in [-0.15, -0.1) is 0 Å². The number of anilines is 1. The number of rotatable bonds is 3. The van der Waals surface area contributed by atoms with Crippen LogP contribution in [0.1, 0.15) is 24.4 Å². The second-order valence-corrected chi connectivity index (χ2v) is 7.30. The minimum absolute atomic E-state index is 0.00559. The van der Waals surface area contributed by atoms with Crippen LogP contribution in [0.5, 0.6) is 0 Å². The van der Waals surface area contributed by atoms with Crippen LogP contribution in [0.3, 0.4) is 0 Å². The highest BCUT2D eigenvalue weighted by atomic mass is 19.4. The molecule has 0 bridgehead atoms. The van der Waals surface area contributed by atoms with E-state index in [0.717, 1.165) is 25.4 Å². The van der Waals surface area contributed by atoms with Crippen molar-refractivity contribution in [2.75, 3.05) is 31.1 Å². The fourth-order valence-electron chi connectivity index (χ4n) is 3.76. The van der Waals surface area contributed by atoms with Gasteiger partial charge < -0.3 is 9.88 Å². The molecule has 6 nitrogen and oxygen atoms in total. The van der Waals surface area contributed by atoms with Gasteiger partial charge in [-0.05, 0) is 25.1 Å². The lowest BCUT2D eigenvalue weighted by Crippen LogP contribution is -3.15. The normalized spacial score (nSPS) is 16.9. The van der Waals surface area contributed by atoms with E-state index >= 15 is 0 Å². The lowest BCUT2D eigenvalue weighted by Gasteiger charge is -2.31. The molecule has 0 unspecified atom stereocenters. The number of alkyl halides is 3. The van der Waals surface area contributed by atoms with Crippen LogP contribution in [0.4, 0.5) is 19.0 Å². The minimum Gasteiger partial charge on any atom is -0.320 e. The smallest absolute Gasteiger partial charge is 0.320 e. The van der Waals surface area contributed by atoms with Crippen molar-refractivity contribution in [1.29, 1.82) is 0 Å². The van der Waals surface area contributed by atoms with E-state index in [-0.39, 0.29) is 11.6 Å². The first-order valence-electron chi connectivity index (χ1n) is 9.50. The van der Waals surface area contributed by atoms with E-state index in [9.17, 15) is 18.0 Å². The summed E-state index contributed by atoms with van der Waals surface area (Å²) in [4.78, 5) is 25.9. The van der Waals surface area contributed by atoms with Crippen LogP contribution in [0.25, 0.3) is 10.9 Å². The molecule has 2 aromatic heterocycles. The molecule has 0 saturated carbocycles. The number of hydrogen-bond donors (Lipinski definition) is 2. The Morgan fingerprint density at radius 2 is 1.90 bits per heavy atom. The van der Waals surface area contributed by atoms with Crippen LogP contribution in [-0.4, -0.2) is 36.1 Å². The van der Waals surface area contributed by atoms with Crippen molar-refractivity contribution in [2.45, 2.75) is 19.1 Å². The molecule has 29 heavy (non-hydrogen) atoms. The summed E-state index contributed by atoms with van der Waals surface area (Å²) in [6, 6.07) is 9.82.